The van der Waals surface area contributed by atoms with Crippen LogP contribution in [0.5, 0.6) is 0 Å². The van der Waals surface area contributed by atoms with Crippen molar-refractivity contribution in [1.82, 2.24) is 19.6 Å². The molecule has 28 heavy (non-hydrogen) atoms. The molecule has 1 saturated heterocycles. The molecule has 1 aromatic heterocycles. The van der Waals surface area contributed by atoms with E-state index in [1.807, 2.05) is 0 Å². The summed E-state index contributed by atoms with van der Waals surface area (Å²) in [7, 11) is 0. The average Bonchev–Trinajstić information content (AvgIpc) is 3.12. The van der Waals surface area contributed by atoms with Gasteiger partial charge in [-0.3, -0.25) is 4.90 Å². The molecule has 11 heteroatoms. The van der Waals surface area contributed by atoms with Crippen molar-refractivity contribution in [3.8, 4) is 0 Å². The van der Waals surface area contributed by atoms with Crippen molar-refractivity contribution >= 4 is 6.03 Å². The highest BCUT2D eigenvalue weighted by Crippen LogP contribution is 2.32. The number of carbonyl (C=O) groups is 1. The smallest absolute Gasteiger partial charge is 0.320 e. The van der Waals surface area contributed by atoms with E-state index in [2.05, 4.69) is 5.10 Å². The summed E-state index contributed by atoms with van der Waals surface area (Å²) in [6.07, 6.45) is -7.86. The number of benzene rings is 1. The summed E-state index contributed by atoms with van der Waals surface area (Å²) in [6, 6.07) is 4.57. The van der Waals surface area contributed by atoms with Crippen LogP contribution in [-0.2, 0) is 18.9 Å². The first-order valence-corrected chi connectivity index (χ1v) is 8.34. The highest BCUT2D eigenvalue weighted by molar-refractivity contribution is 5.76. The molecule has 0 unspecified atom stereocenters. The van der Waals surface area contributed by atoms with E-state index >= 15 is 0 Å². The fourth-order valence-corrected chi connectivity index (χ4v) is 2.99. The van der Waals surface area contributed by atoms with Crippen molar-refractivity contribution in [1.29, 1.82) is 0 Å². The first-order valence-electron chi connectivity index (χ1n) is 8.34. The molecule has 152 valence electrons. The zero-order valence-electron chi connectivity index (χ0n) is 14.5. The second kappa shape index (κ2) is 7.46. The van der Waals surface area contributed by atoms with Gasteiger partial charge in [0, 0.05) is 38.9 Å². The monoisotopic (exact) mass is 406 g/mol. The Hall–Kier alpha value is -2.56. The number of alkyl halides is 6. The third-order valence-corrected chi connectivity index (χ3v) is 4.47. The molecule has 1 aliphatic rings. The minimum Gasteiger partial charge on any atom is -0.320 e. The number of hydrogen-bond donors (Lipinski definition) is 0. The SMILES string of the molecule is O=C(N1CCN(Cc2ccccc2C(F)(F)F)CC1)n1cc(C(F)(F)F)cn1. The van der Waals surface area contributed by atoms with E-state index < -0.39 is 29.5 Å². The molecule has 3 rings (SSSR count). The Bertz CT molecular complexity index is 837. The molecule has 1 aromatic carbocycles. The van der Waals surface area contributed by atoms with Gasteiger partial charge in [0.1, 0.15) is 0 Å². The lowest BCUT2D eigenvalue weighted by atomic mass is 10.1. The molecule has 0 saturated carbocycles. The molecule has 2 heterocycles. The Labute approximate surface area is 156 Å². The van der Waals surface area contributed by atoms with Crippen molar-refractivity contribution in [2.45, 2.75) is 18.9 Å². The minimum atomic E-state index is -4.59. The number of carbonyl (C=O) groups excluding carboxylic acids is 1. The van der Waals surface area contributed by atoms with E-state index in [0.717, 1.165) is 6.07 Å². The molecule has 0 spiro atoms. The summed E-state index contributed by atoms with van der Waals surface area (Å²) in [6.45, 7) is 1.01. The predicted molar refractivity (Wildman–Crippen MR) is 86.3 cm³/mol. The van der Waals surface area contributed by atoms with Gasteiger partial charge in [-0.05, 0) is 11.6 Å². The number of piperazine rings is 1. The molecule has 0 aliphatic carbocycles. The maximum absolute atomic E-state index is 13.1. The van der Waals surface area contributed by atoms with Crippen molar-refractivity contribution in [2.75, 3.05) is 26.2 Å². The number of amides is 1. The third-order valence-electron chi connectivity index (χ3n) is 4.47. The first kappa shape index (κ1) is 20.2. The van der Waals surface area contributed by atoms with Crippen LogP contribution in [0.4, 0.5) is 31.1 Å². The molecule has 1 amide bonds. The predicted octanol–water partition coefficient (Wildman–Crippen LogP) is 3.71. The van der Waals surface area contributed by atoms with Gasteiger partial charge in [-0.25, -0.2) is 4.79 Å². The quantitative estimate of drug-likeness (QED) is 0.715. The summed E-state index contributed by atoms with van der Waals surface area (Å²) in [5, 5.41) is 3.45. The van der Waals surface area contributed by atoms with Gasteiger partial charge >= 0.3 is 18.4 Å². The van der Waals surface area contributed by atoms with Gasteiger partial charge in [0.25, 0.3) is 0 Å². The van der Waals surface area contributed by atoms with Crippen molar-refractivity contribution in [3.05, 3.63) is 53.3 Å². The molecule has 0 atom stereocenters. The largest absolute Gasteiger partial charge is 0.419 e. The second-order valence-corrected chi connectivity index (χ2v) is 6.37. The van der Waals surface area contributed by atoms with Crippen molar-refractivity contribution in [3.63, 3.8) is 0 Å². The summed E-state index contributed by atoms with van der Waals surface area (Å²) >= 11 is 0. The van der Waals surface area contributed by atoms with Crippen molar-refractivity contribution < 1.29 is 31.1 Å². The molecule has 2 aromatic rings. The minimum absolute atomic E-state index is 0.0672. The lowest BCUT2D eigenvalue weighted by molar-refractivity contribution is -0.139. The van der Waals surface area contributed by atoms with E-state index in [-0.39, 0.29) is 25.2 Å². The maximum atomic E-state index is 13.1. The summed E-state index contributed by atoms with van der Waals surface area (Å²) in [4.78, 5) is 15.4. The van der Waals surface area contributed by atoms with E-state index in [1.54, 1.807) is 4.90 Å². The van der Waals surface area contributed by atoms with E-state index in [9.17, 15) is 31.1 Å². The zero-order chi connectivity index (χ0) is 20.5. The number of hydrogen-bond acceptors (Lipinski definition) is 3. The zero-order valence-corrected chi connectivity index (χ0v) is 14.5. The number of nitrogens with zero attached hydrogens (tertiary/aromatic N) is 4. The van der Waals surface area contributed by atoms with Crippen LogP contribution in [-0.4, -0.2) is 51.8 Å². The fourth-order valence-electron chi connectivity index (χ4n) is 2.99. The number of halogens is 6. The van der Waals surface area contributed by atoms with Gasteiger partial charge in [-0.15, -0.1) is 0 Å². The van der Waals surface area contributed by atoms with Crippen LogP contribution in [0.1, 0.15) is 16.7 Å². The van der Waals surface area contributed by atoms with Gasteiger partial charge in [-0.2, -0.15) is 36.1 Å². The molecule has 0 radical (unpaired) electrons. The Balaban J connectivity index is 1.61. The summed E-state index contributed by atoms with van der Waals surface area (Å²) < 4.78 is 77.7. The van der Waals surface area contributed by atoms with Crippen LogP contribution >= 0.6 is 0 Å². The second-order valence-electron chi connectivity index (χ2n) is 6.37. The molecule has 0 N–H and O–H groups in total. The standard InChI is InChI=1S/C17H16F6N4O/c18-16(19,20)13-9-24-27(11-13)15(28)26-7-5-25(6-8-26)10-12-3-1-2-4-14(12)17(21,22)23/h1-4,9,11H,5-8,10H2. The van der Waals surface area contributed by atoms with Gasteiger partial charge in [0.15, 0.2) is 0 Å². The Morgan fingerprint density at radius 2 is 1.61 bits per heavy atom. The molecular weight excluding hydrogens is 390 g/mol. The summed E-state index contributed by atoms with van der Waals surface area (Å²) in [5.74, 6) is 0. The third kappa shape index (κ3) is 4.46. The Morgan fingerprint density at radius 3 is 2.18 bits per heavy atom. The molecule has 1 aliphatic heterocycles. The van der Waals surface area contributed by atoms with Crippen LogP contribution < -0.4 is 0 Å². The lowest BCUT2D eigenvalue weighted by Crippen LogP contribution is -2.49. The van der Waals surface area contributed by atoms with Gasteiger partial charge in [0.05, 0.1) is 17.3 Å². The van der Waals surface area contributed by atoms with Crippen LogP contribution in [0.15, 0.2) is 36.7 Å². The van der Waals surface area contributed by atoms with E-state index in [4.69, 9.17) is 0 Å². The lowest BCUT2D eigenvalue weighted by Gasteiger charge is -2.34. The van der Waals surface area contributed by atoms with Crippen molar-refractivity contribution in [2.24, 2.45) is 0 Å². The highest BCUT2D eigenvalue weighted by Gasteiger charge is 2.35. The van der Waals surface area contributed by atoms with Crippen LogP contribution in [0.25, 0.3) is 0 Å². The first-order chi connectivity index (χ1) is 13.1. The molecule has 5 nitrogen and oxygen atoms in total. The topological polar surface area (TPSA) is 41.4 Å². The normalized spacial score (nSPS) is 16.4. The highest BCUT2D eigenvalue weighted by atomic mass is 19.4. The van der Waals surface area contributed by atoms with Gasteiger partial charge in [0.2, 0.25) is 0 Å². The van der Waals surface area contributed by atoms with Crippen LogP contribution in [0, 0.1) is 0 Å². The van der Waals surface area contributed by atoms with Crippen LogP contribution in [0.3, 0.4) is 0 Å². The maximum Gasteiger partial charge on any atom is 0.419 e. The Morgan fingerprint density at radius 1 is 0.964 bits per heavy atom. The average molecular weight is 406 g/mol. The van der Waals surface area contributed by atoms with Crippen LogP contribution in [0.2, 0.25) is 0 Å². The fraction of sp³-hybridized carbons (Fsp3) is 0.412. The van der Waals surface area contributed by atoms with Gasteiger partial charge < -0.3 is 4.90 Å². The molecule has 1 fully saturated rings. The Kier molecular flexibility index (Phi) is 5.37. The molecule has 0 bridgehead atoms. The van der Waals surface area contributed by atoms with E-state index in [0.29, 0.717) is 30.2 Å². The van der Waals surface area contributed by atoms with E-state index in [1.165, 1.54) is 23.1 Å². The number of aromatic nitrogens is 2. The summed E-state index contributed by atoms with van der Waals surface area (Å²) in [5.41, 5.74) is -1.59. The number of rotatable bonds is 2. The molecular formula is C17H16F6N4O. The van der Waals surface area contributed by atoms with Gasteiger partial charge in [-0.1, -0.05) is 18.2 Å².